The fourth-order valence-corrected chi connectivity index (χ4v) is 2.72. The third kappa shape index (κ3) is 4.35. The van der Waals surface area contributed by atoms with Gasteiger partial charge in [0.25, 0.3) is 0 Å². The molecule has 0 aliphatic rings. The van der Waals surface area contributed by atoms with Crippen molar-refractivity contribution in [3.63, 3.8) is 0 Å². The molecule has 0 atom stereocenters. The Kier molecular flexibility index (Phi) is 6.37. The lowest BCUT2D eigenvalue weighted by atomic mass is 10.1. The number of aryl methyl sites for hydroxylation is 2. The molecule has 2 aromatic carbocycles. The fraction of sp³-hybridized carbons (Fsp3) is 0.316. The minimum Gasteiger partial charge on any atom is -0.488 e. The second-order valence-corrected chi connectivity index (χ2v) is 6.25. The lowest BCUT2D eigenvalue weighted by Crippen LogP contribution is -2.09. The molecule has 0 bridgehead atoms. The molecule has 24 heavy (non-hydrogen) atoms. The lowest BCUT2D eigenvalue weighted by molar-refractivity contribution is -0.134. The third-order valence-electron chi connectivity index (χ3n) is 3.68. The van der Waals surface area contributed by atoms with Crippen LogP contribution < -0.4 is 9.47 Å². The van der Waals surface area contributed by atoms with Gasteiger partial charge in [-0.1, -0.05) is 35.8 Å². The minimum atomic E-state index is -0.315. The summed E-state index contributed by atoms with van der Waals surface area (Å²) in [5.41, 5.74) is 2.24. The van der Waals surface area contributed by atoms with Crippen molar-refractivity contribution < 1.29 is 18.7 Å². The van der Waals surface area contributed by atoms with Gasteiger partial charge in [-0.3, -0.25) is 4.79 Å². The number of carbonyl (C=O) groups is 1. The first-order valence-corrected chi connectivity index (χ1v) is 8.65. The summed E-state index contributed by atoms with van der Waals surface area (Å²) >= 11 is 3.45. The first kappa shape index (κ1) is 18.5. The standard InChI is InChI=1S/C19H20BrFO3/c1-4-13-9-12(3)16(21)10-18(13)23-11-14-15(20)7-6-8-17(14)24-19(22)5-2/h6-10H,4-5,11H2,1-3H3. The molecule has 0 spiro atoms. The van der Waals surface area contributed by atoms with Crippen molar-refractivity contribution >= 4 is 21.9 Å². The molecular formula is C19H20BrFO3. The molecule has 5 heteroatoms. The van der Waals surface area contributed by atoms with E-state index in [1.54, 1.807) is 32.0 Å². The Labute approximate surface area is 149 Å². The zero-order chi connectivity index (χ0) is 17.7. The predicted molar refractivity (Wildman–Crippen MR) is 94.9 cm³/mol. The van der Waals surface area contributed by atoms with Gasteiger partial charge in [-0.15, -0.1) is 0 Å². The Morgan fingerprint density at radius 1 is 1.21 bits per heavy atom. The molecule has 2 aromatic rings. The molecule has 0 aliphatic heterocycles. The van der Waals surface area contributed by atoms with Crippen LogP contribution in [0.2, 0.25) is 0 Å². The van der Waals surface area contributed by atoms with Gasteiger partial charge in [-0.05, 0) is 42.7 Å². The van der Waals surface area contributed by atoms with Crippen LogP contribution in [0.1, 0.15) is 37.0 Å². The van der Waals surface area contributed by atoms with Gasteiger partial charge < -0.3 is 9.47 Å². The number of ether oxygens (including phenoxy) is 2. The van der Waals surface area contributed by atoms with Gasteiger partial charge >= 0.3 is 5.97 Å². The highest BCUT2D eigenvalue weighted by Gasteiger charge is 2.14. The van der Waals surface area contributed by atoms with Crippen LogP contribution in [0.25, 0.3) is 0 Å². The number of carbonyl (C=O) groups excluding carboxylic acids is 1. The normalized spacial score (nSPS) is 10.5. The van der Waals surface area contributed by atoms with Gasteiger partial charge in [0.05, 0.1) is 0 Å². The summed E-state index contributed by atoms with van der Waals surface area (Å²) in [5, 5.41) is 0. The number of halogens is 2. The number of rotatable bonds is 6. The second kappa shape index (κ2) is 8.29. The fourth-order valence-electron chi connectivity index (χ4n) is 2.25. The largest absolute Gasteiger partial charge is 0.488 e. The van der Waals surface area contributed by atoms with E-state index in [0.29, 0.717) is 22.6 Å². The summed E-state index contributed by atoms with van der Waals surface area (Å²) < 4.78 is 25.8. The zero-order valence-electron chi connectivity index (χ0n) is 14.0. The third-order valence-corrected chi connectivity index (χ3v) is 4.43. The Balaban J connectivity index is 2.26. The molecule has 0 unspecified atom stereocenters. The molecule has 0 amide bonds. The number of esters is 1. The minimum absolute atomic E-state index is 0.170. The number of hydrogen-bond acceptors (Lipinski definition) is 3. The number of benzene rings is 2. The highest BCUT2D eigenvalue weighted by molar-refractivity contribution is 9.10. The smallest absolute Gasteiger partial charge is 0.310 e. The van der Waals surface area contributed by atoms with Crippen molar-refractivity contribution in [1.29, 1.82) is 0 Å². The molecule has 3 nitrogen and oxygen atoms in total. The molecule has 0 radical (unpaired) electrons. The summed E-state index contributed by atoms with van der Waals surface area (Å²) in [6.07, 6.45) is 1.03. The Hall–Kier alpha value is -1.88. The highest BCUT2D eigenvalue weighted by atomic mass is 79.9. The van der Waals surface area contributed by atoms with E-state index in [0.717, 1.165) is 16.5 Å². The monoisotopic (exact) mass is 394 g/mol. The van der Waals surface area contributed by atoms with Gasteiger partial charge in [0.15, 0.2) is 0 Å². The molecule has 0 heterocycles. The average molecular weight is 395 g/mol. The van der Waals surface area contributed by atoms with E-state index in [1.165, 1.54) is 6.07 Å². The van der Waals surface area contributed by atoms with Crippen LogP contribution >= 0.6 is 15.9 Å². The van der Waals surface area contributed by atoms with E-state index < -0.39 is 0 Å². The quantitative estimate of drug-likeness (QED) is 0.488. The van der Waals surface area contributed by atoms with E-state index in [4.69, 9.17) is 9.47 Å². The van der Waals surface area contributed by atoms with Crippen LogP contribution in [-0.2, 0) is 17.8 Å². The van der Waals surface area contributed by atoms with Crippen molar-refractivity contribution in [2.24, 2.45) is 0 Å². The van der Waals surface area contributed by atoms with Gasteiger partial charge in [0.2, 0.25) is 0 Å². The lowest BCUT2D eigenvalue weighted by Gasteiger charge is -2.15. The van der Waals surface area contributed by atoms with E-state index in [-0.39, 0.29) is 24.8 Å². The highest BCUT2D eigenvalue weighted by Crippen LogP contribution is 2.30. The second-order valence-electron chi connectivity index (χ2n) is 5.40. The average Bonchev–Trinajstić information content (AvgIpc) is 2.56. The van der Waals surface area contributed by atoms with Gasteiger partial charge in [0, 0.05) is 22.5 Å². The first-order valence-electron chi connectivity index (χ1n) is 7.86. The van der Waals surface area contributed by atoms with Crippen molar-refractivity contribution in [2.45, 2.75) is 40.2 Å². The molecule has 0 aromatic heterocycles. The summed E-state index contributed by atoms with van der Waals surface area (Å²) in [6, 6.07) is 8.55. The van der Waals surface area contributed by atoms with Gasteiger partial charge in [-0.2, -0.15) is 0 Å². The summed E-state index contributed by atoms with van der Waals surface area (Å²) in [6.45, 7) is 5.63. The topological polar surface area (TPSA) is 35.5 Å². The van der Waals surface area contributed by atoms with E-state index in [2.05, 4.69) is 15.9 Å². The van der Waals surface area contributed by atoms with E-state index in [1.807, 2.05) is 13.0 Å². The van der Waals surface area contributed by atoms with Gasteiger partial charge in [0.1, 0.15) is 23.9 Å². The van der Waals surface area contributed by atoms with Crippen LogP contribution in [0, 0.1) is 12.7 Å². The van der Waals surface area contributed by atoms with Crippen molar-refractivity contribution in [2.75, 3.05) is 0 Å². The molecule has 2 rings (SSSR count). The molecule has 0 N–H and O–H groups in total. The predicted octanol–water partition coefficient (Wildman–Crippen LogP) is 5.35. The van der Waals surface area contributed by atoms with Crippen LogP contribution in [0.3, 0.4) is 0 Å². The molecule has 0 saturated heterocycles. The van der Waals surface area contributed by atoms with Crippen LogP contribution in [-0.4, -0.2) is 5.97 Å². The maximum Gasteiger partial charge on any atom is 0.310 e. The maximum absolute atomic E-state index is 13.8. The zero-order valence-corrected chi connectivity index (χ0v) is 15.6. The summed E-state index contributed by atoms with van der Waals surface area (Å²) in [7, 11) is 0. The summed E-state index contributed by atoms with van der Waals surface area (Å²) in [4.78, 5) is 11.6. The molecule has 0 saturated carbocycles. The Morgan fingerprint density at radius 3 is 2.62 bits per heavy atom. The molecular weight excluding hydrogens is 375 g/mol. The van der Waals surface area contributed by atoms with Crippen LogP contribution in [0.5, 0.6) is 11.5 Å². The van der Waals surface area contributed by atoms with Crippen LogP contribution in [0.4, 0.5) is 4.39 Å². The Morgan fingerprint density at radius 2 is 1.96 bits per heavy atom. The first-order chi connectivity index (χ1) is 11.5. The van der Waals surface area contributed by atoms with Gasteiger partial charge in [-0.25, -0.2) is 4.39 Å². The van der Waals surface area contributed by atoms with Crippen molar-refractivity contribution in [3.05, 3.63) is 57.3 Å². The molecule has 128 valence electrons. The van der Waals surface area contributed by atoms with Crippen molar-refractivity contribution in [3.8, 4) is 11.5 Å². The molecule has 0 aliphatic carbocycles. The maximum atomic E-state index is 13.8. The summed E-state index contributed by atoms with van der Waals surface area (Å²) in [5.74, 6) is 0.336. The van der Waals surface area contributed by atoms with Crippen LogP contribution in [0.15, 0.2) is 34.8 Å². The Bertz CT molecular complexity index is 744. The van der Waals surface area contributed by atoms with E-state index >= 15 is 0 Å². The van der Waals surface area contributed by atoms with Crippen molar-refractivity contribution in [1.82, 2.24) is 0 Å². The number of hydrogen-bond donors (Lipinski definition) is 0. The van der Waals surface area contributed by atoms with E-state index in [9.17, 15) is 9.18 Å². The SMILES string of the molecule is CCC(=O)Oc1cccc(Br)c1COc1cc(F)c(C)cc1CC. The molecule has 0 fully saturated rings.